The van der Waals surface area contributed by atoms with Crippen molar-refractivity contribution in [3.05, 3.63) is 23.0 Å². The van der Waals surface area contributed by atoms with E-state index in [-0.39, 0.29) is 0 Å². The van der Waals surface area contributed by atoms with Gasteiger partial charge in [-0.25, -0.2) is 0 Å². The molecule has 0 N–H and O–H groups in total. The van der Waals surface area contributed by atoms with Crippen molar-refractivity contribution in [2.45, 2.75) is 32.2 Å². The van der Waals surface area contributed by atoms with Crippen LogP contribution in [0.15, 0.2) is 6.07 Å². The summed E-state index contributed by atoms with van der Waals surface area (Å²) in [6.07, 6.45) is 4.00. The molecule has 14 heavy (non-hydrogen) atoms. The third kappa shape index (κ3) is 1.01. The van der Waals surface area contributed by atoms with Crippen LogP contribution in [0.1, 0.15) is 35.8 Å². The molecule has 2 heteroatoms. The highest BCUT2D eigenvalue weighted by molar-refractivity contribution is 5.33. The van der Waals surface area contributed by atoms with Gasteiger partial charge in [0, 0.05) is 37.4 Å². The molecule has 3 heterocycles. The quantitative estimate of drug-likeness (QED) is 0.607. The smallest absolute Gasteiger partial charge is 0.0366 e. The molecule has 1 saturated heterocycles. The summed E-state index contributed by atoms with van der Waals surface area (Å²) in [7, 11) is 2.21. The molecule has 2 nitrogen and oxygen atoms in total. The molecule has 0 saturated carbocycles. The van der Waals surface area contributed by atoms with Crippen molar-refractivity contribution in [1.29, 1.82) is 0 Å². The molecule has 1 unspecified atom stereocenters. The van der Waals surface area contributed by atoms with Crippen LogP contribution in [0.25, 0.3) is 0 Å². The van der Waals surface area contributed by atoms with Crippen LogP contribution < -0.4 is 0 Å². The van der Waals surface area contributed by atoms with Crippen molar-refractivity contribution in [3.8, 4) is 0 Å². The van der Waals surface area contributed by atoms with Gasteiger partial charge in [-0.3, -0.25) is 4.90 Å². The van der Waals surface area contributed by atoms with Gasteiger partial charge in [-0.15, -0.1) is 0 Å². The van der Waals surface area contributed by atoms with Crippen LogP contribution in [0.5, 0.6) is 0 Å². The van der Waals surface area contributed by atoms with Gasteiger partial charge in [-0.05, 0) is 37.9 Å². The molecular formula is C12H18N2. The molecule has 1 fully saturated rings. The van der Waals surface area contributed by atoms with E-state index in [1.54, 1.807) is 11.3 Å². The molecule has 0 amide bonds. The summed E-state index contributed by atoms with van der Waals surface area (Å²) in [5.74, 6) is 0. The van der Waals surface area contributed by atoms with E-state index >= 15 is 0 Å². The van der Waals surface area contributed by atoms with Crippen LogP contribution in [0.2, 0.25) is 0 Å². The Hall–Kier alpha value is -0.760. The van der Waals surface area contributed by atoms with Crippen LogP contribution in [-0.4, -0.2) is 22.6 Å². The second kappa shape index (κ2) is 2.86. The molecule has 0 spiro atoms. The fourth-order valence-corrected chi connectivity index (χ4v) is 3.11. The highest BCUT2D eigenvalue weighted by Crippen LogP contribution is 2.38. The molecule has 0 aromatic carbocycles. The molecule has 1 aromatic rings. The Morgan fingerprint density at radius 3 is 3.07 bits per heavy atom. The molecule has 2 aliphatic rings. The number of rotatable bonds is 0. The van der Waals surface area contributed by atoms with Gasteiger partial charge in [0.2, 0.25) is 0 Å². The van der Waals surface area contributed by atoms with Crippen LogP contribution in [0.3, 0.4) is 0 Å². The largest absolute Gasteiger partial charge is 0.352 e. The lowest BCUT2D eigenvalue weighted by Gasteiger charge is -2.30. The first kappa shape index (κ1) is 8.54. The summed E-state index contributed by atoms with van der Waals surface area (Å²) >= 11 is 0. The molecule has 0 aliphatic carbocycles. The molecule has 76 valence electrons. The van der Waals surface area contributed by atoms with Gasteiger partial charge < -0.3 is 4.57 Å². The van der Waals surface area contributed by atoms with E-state index in [4.69, 9.17) is 0 Å². The Bertz CT molecular complexity index is 365. The van der Waals surface area contributed by atoms with Crippen molar-refractivity contribution in [3.63, 3.8) is 0 Å². The molecule has 2 aliphatic heterocycles. The minimum Gasteiger partial charge on any atom is -0.352 e. The van der Waals surface area contributed by atoms with E-state index in [1.165, 1.54) is 38.0 Å². The molecule has 1 aromatic heterocycles. The van der Waals surface area contributed by atoms with E-state index in [0.29, 0.717) is 0 Å². The highest BCUT2D eigenvalue weighted by Gasteiger charge is 2.32. The molecule has 0 radical (unpaired) electrons. The Labute approximate surface area is 85.5 Å². The van der Waals surface area contributed by atoms with Crippen LogP contribution in [0, 0.1) is 6.92 Å². The topological polar surface area (TPSA) is 8.17 Å². The predicted molar refractivity (Wildman–Crippen MR) is 57.4 cm³/mol. The van der Waals surface area contributed by atoms with E-state index in [9.17, 15) is 0 Å². The fraction of sp³-hybridized carbons (Fsp3) is 0.667. The minimum atomic E-state index is 0.749. The van der Waals surface area contributed by atoms with Gasteiger partial charge >= 0.3 is 0 Å². The number of aryl methyl sites for hydroxylation is 1. The van der Waals surface area contributed by atoms with Gasteiger partial charge in [-0.2, -0.15) is 0 Å². The number of fused-ring (bicyclic) bond motifs is 3. The molecule has 3 rings (SSSR count). The Kier molecular flexibility index (Phi) is 1.75. The van der Waals surface area contributed by atoms with Crippen LogP contribution >= 0.6 is 0 Å². The number of nitrogens with zero attached hydrogens (tertiary/aromatic N) is 2. The number of aromatic nitrogens is 1. The van der Waals surface area contributed by atoms with E-state index < -0.39 is 0 Å². The number of hydrogen-bond donors (Lipinski definition) is 0. The number of hydrogen-bond acceptors (Lipinski definition) is 1. The second-order valence-electron chi connectivity index (χ2n) is 4.69. The Balaban J connectivity index is 2.09. The summed E-state index contributed by atoms with van der Waals surface area (Å²) in [4.78, 5) is 2.65. The van der Waals surface area contributed by atoms with Gasteiger partial charge in [0.05, 0.1) is 0 Å². The zero-order valence-corrected chi connectivity index (χ0v) is 9.08. The average Bonchev–Trinajstić information content (AvgIpc) is 2.73. The maximum atomic E-state index is 2.65. The van der Waals surface area contributed by atoms with Gasteiger partial charge in [0.15, 0.2) is 0 Å². The fourth-order valence-electron chi connectivity index (χ4n) is 3.11. The zero-order valence-electron chi connectivity index (χ0n) is 9.08. The standard InChI is InChI=1S/C12H18N2/c1-9-8-10-11(13(9)2)5-7-14-6-3-4-12(10)14/h8,12H,3-7H2,1-2H3. The third-order valence-electron chi connectivity index (χ3n) is 3.99. The zero-order chi connectivity index (χ0) is 9.71. The minimum absolute atomic E-state index is 0.749. The van der Waals surface area contributed by atoms with Crippen molar-refractivity contribution in [1.82, 2.24) is 9.47 Å². The predicted octanol–water partition coefficient (Wildman–Crippen LogP) is 2.03. The lowest BCUT2D eigenvalue weighted by Crippen LogP contribution is -2.31. The van der Waals surface area contributed by atoms with Crippen molar-refractivity contribution < 1.29 is 0 Å². The van der Waals surface area contributed by atoms with Gasteiger partial charge in [0.1, 0.15) is 0 Å². The first-order valence-corrected chi connectivity index (χ1v) is 5.66. The van der Waals surface area contributed by atoms with Crippen LogP contribution in [0.4, 0.5) is 0 Å². The summed E-state index contributed by atoms with van der Waals surface area (Å²) in [6, 6.07) is 3.15. The average molecular weight is 190 g/mol. The van der Waals surface area contributed by atoms with Gasteiger partial charge in [0.25, 0.3) is 0 Å². The van der Waals surface area contributed by atoms with Crippen molar-refractivity contribution >= 4 is 0 Å². The highest BCUT2D eigenvalue weighted by atomic mass is 15.2. The lowest BCUT2D eigenvalue weighted by atomic mass is 9.99. The summed E-state index contributed by atoms with van der Waals surface area (Å²) < 4.78 is 2.38. The van der Waals surface area contributed by atoms with E-state index in [0.717, 1.165) is 6.04 Å². The Morgan fingerprint density at radius 1 is 1.36 bits per heavy atom. The monoisotopic (exact) mass is 190 g/mol. The van der Waals surface area contributed by atoms with E-state index in [2.05, 4.69) is 29.5 Å². The molecule has 0 bridgehead atoms. The van der Waals surface area contributed by atoms with Crippen LogP contribution in [-0.2, 0) is 13.5 Å². The van der Waals surface area contributed by atoms with E-state index in [1.807, 2.05) is 0 Å². The second-order valence-corrected chi connectivity index (χ2v) is 4.69. The van der Waals surface area contributed by atoms with Crippen molar-refractivity contribution in [2.75, 3.05) is 13.1 Å². The summed E-state index contributed by atoms with van der Waals surface area (Å²) in [6.45, 7) is 4.81. The first-order valence-electron chi connectivity index (χ1n) is 5.66. The Morgan fingerprint density at radius 2 is 2.21 bits per heavy atom. The third-order valence-corrected chi connectivity index (χ3v) is 3.99. The SMILES string of the molecule is Cc1cc2c(n1C)CCN1CCCC21. The van der Waals surface area contributed by atoms with Crippen molar-refractivity contribution in [2.24, 2.45) is 7.05 Å². The maximum absolute atomic E-state index is 2.65. The first-order chi connectivity index (χ1) is 6.77. The summed E-state index contributed by atoms with van der Waals surface area (Å²) in [5.41, 5.74) is 4.63. The molecular weight excluding hydrogens is 172 g/mol. The van der Waals surface area contributed by atoms with Gasteiger partial charge in [-0.1, -0.05) is 0 Å². The lowest BCUT2D eigenvalue weighted by molar-refractivity contribution is 0.241. The molecule has 1 atom stereocenters. The maximum Gasteiger partial charge on any atom is 0.0366 e. The summed E-state index contributed by atoms with van der Waals surface area (Å²) in [5, 5.41) is 0. The normalized spacial score (nSPS) is 26.3.